The largest absolute Gasteiger partial charge is 0.447 e. The molecule has 0 fully saturated rings. The summed E-state index contributed by atoms with van der Waals surface area (Å²) in [7, 11) is 0. The van der Waals surface area contributed by atoms with E-state index in [2.05, 4.69) is 20.6 Å². The third-order valence-electron chi connectivity index (χ3n) is 5.64. The number of rotatable bonds is 7. The number of nitrogens with one attached hydrogen (secondary N) is 2. The summed E-state index contributed by atoms with van der Waals surface area (Å²) in [5.41, 5.74) is 3.10. The van der Waals surface area contributed by atoms with Gasteiger partial charge in [0.15, 0.2) is 11.5 Å². The first kappa shape index (κ1) is 30.3. The van der Waals surface area contributed by atoms with Gasteiger partial charge in [-0.25, -0.2) is 28.9 Å². The molecule has 0 radical (unpaired) electrons. The smallest absolute Gasteiger partial charge is 0.420 e. The fourth-order valence-electron chi connectivity index (χ4n) is 4.06. The van der Waals surface area contributed by atoms with Crippen LogP contribution in [0.1, 0.15) is 41.5 Å². The minimum atomic E-state index is -0.693. The number of carbonyl (C=O) groups excluding carboxylic acids is 3. The number of hydrogen-bond acceptors (Lipinski definition) is 8. The molecule has 2 aromatic carbocycles. The zero-order valence-corrected chi connectivity index (χ0v) is 24.9. The number of para-hydroxylation sites is 1. The van der Waals surface area contributed by atoms with Gasteiger partial charge in [-0.15, -0.1) is 0 Å². The topological polar surface area (TPSA) is 134 Å². The second-order valence-electron chi connectivity index (χ2n) is 10.2. The van der Waals surface area contributed by atoms with E-state index in [0.29, 0.717) is 33.6 Å². The highest BCUT2D eigenvalue weighted by Gasteiger charge is 2.24. The molecule has 11 nitrogen and oxygen atoms in total. The third-order valence-corrected chi connectivity index (χ3v) is 5.97. The molecule has 2 aromatic heterocycles. The Hall–Kier alpha value is -4.64. The summed E-state index contributed by atoms with van der Waals surface area (Å²) in [6.45, 7) is 10.5. The molecule has 0 saturated heterocycles. The number of aromatic nitrogens is 3. The van der Waals surface area contributed by atoms with Crippen molar-refractivity contribution in [1.82, 2.24) is 14.5 Å². The zero-order chi connectivity index (χ0) is 30.6. The van der Waals surface area contributed by atoms with Crippen LogP contribution in [-0.2, 0) is 14.2 Å². The Morgan fingerprint density at radius 3 is 2.12 bits per heavy atom. The summed E-state index contributed by atoms with van der Waals surface area (Å²) in [6, 6.07) is 13.6. The minimum absolute atomic E-state index is 0.165. The predicted octanol–water partition coefficient (Wildman–Crippen LogP) is 7.73. The number of amides is 2. The molecule has 42 heavy (non-hydrogen) atoms. The van der Waals surface area contributed by atoms with E-state index in [-0.39, 0.29) is 28.7 Å². The molecule has 4 rings (SSSR count). The van der Waals surface area contributed by atoms with Crippen molar-refractivity contribution in [2.75, 3.05) is 10.6 Å². The van der Waals surface area contributed by atoms with E-state index in [9.17, 15) is 14.4 Å². The van der Waals surface area contributed by atoms with E-state index in [1.165, 1.54) is 4.57 Å². The van der Waals surface area contributed by atoms with Gasteiger partial charge in [-0.05, 0) is 71.9 Å². The quantitative estimate of drug-likeness (QED) is 0.208. The summed E-state index contributed by atoms with van der Waals surface area (Å²) in [5.74, 6) is 0.165. The summed E-state index contributed by atoms with van der Waals surface area (Å²) < 4.78 is 17.2. The Balaban J connectivity index is 1.84. The molecule has 12 heteroatoms. The van der Waals surface area contributed by atoms with Crippen LogP contribution < -0.4 is 10.6 Å². The Kier molecular flexibility index (Phi) is 9.31. The van der Waals surface area contributed by atoms with Crippen molar-refractivity contribution >= 4 is 52.4 Å². The number of fused-ring (bicyclic) bond motifs is 1. The van der Waals surface area contributed by atoms with Crippen LogP contribution in [-0.4, -0.2) is 51.1 Å². The van der Waals surface area contributed by atoms with Gasteiger partial charge in [-0.2, -0.15) is 0 Å². The number of anilines is 2. The summed E-state index contributed by atoms with van der Waals surface area (Å²) in [6.07, 6.45) is -1.37. The van der Waals surface area contributed by atoms with Crippen molar-refractivity contribution in [3.8, 4) is 22.5 Å². The van der Waals surface area contributed by atoms with E-state index in [0.717, 1.165) is 0 Å². The highest BCUT2D eigenvalue weighted by atomic mass is 35.5. The van der Waals surface area contributed by atoms with Crippen LogP contribution >= 0.6 is 11.6 Å². The molecule has 0 spiro atoms. The van der Waals surface area contributed by atoms with Crippen molar-refractivity contribution in [3.63, 3.8) is 0 Å². The first-order valence-corrected chi connectivity index (χ1v) is 13.7. The lowest BCUT2D eigenvalue weighted by Crippen LogP contribution is -2.19. The first-order chi connectivity index (χ1) is 19.9. The van der Waals surface area contributed by atoms with Gasteiger partial charge in [0.2, 0.25) is 0 Å². The van der Waals surface area contributed by atoms with Crippen LogP contribution in [0, 0.1) is 0 Å². The molecule has 220 valence electrons. The van der Waals surface area contributed by atoms with Crippen molar-refractivity contribution in [2.24, 2.45) is 0 Å². The van der Waals surface area contributed by atoms with Crippen LogP contribution in [0.2, 0.25) is 5.02 Å². The third kappa shape index (κ3) is 7.16. The van der Waals surface area contributed by atoms with Crippen LogP contribution in [0.25, 0.3) is 33.7 Å². The fourth-order valence-corrected chi connectivity index (χ4v) is 4.26. The van der Waals surface area contributed by atoms with Gasteiger partial charge >= 0.3 is 18.3 Å². The van der Waals surface area contributed by atoms with E-state index in [4.69, 9.17) is 25.8 Å². The molecule has 0 saturated carbocycles. The Bertz CT molecular complexity index is 1630. The molecule has 2 N–H and O–H groups in total. The fraction of sp³-hybridized carbons (Fsp3) is 0.300. The highest BCUT2D eigenvalue weighted by molar-refractivity contribution is 6.33. The van der Waals surface area contributed by atoms with Gasteiger partial charge in [-0.1, -0.05) is 29.8 Å². The standard InChI is InChI=1S/C30H32ClN5O6/c1-16(2)40-28(37)33-20-11-12-23(31)22(14-20)27-35-26-25(36(27)30(39)42-18(5)6)13-19(15-32-26)21-9-7-8-10-24(21)34-29(38)41-17(3)4/h7-18H,1-6H3,(H,33,37)(H,34,38). The van der Waals surface area contributed by atoms with Crippen molar-refractivity contribution in [1.29, 1.82) is 0 Å². The number of ether oxygens (including phenoxy) is 3. The number of pyridine rings is 1. The molecule has 0 aliphatic heterocycles. The van der Waals surface area contributed by atoms with Crippen LogP contribution in [0.5, 0.6) is 0 Å². The van der Waals surface area contributed by atoms with Crippen molar-refractivity contribution < 1.29 is 28.6 Å². The SMILES string of the molecule is CC(C)OC(=O)Nc1ccc(Cl)c(-c2nc3ncc(-c4ccccc4NC(=O)OC(C)C)cc3n2C(=O)OC(C)C)c1. The molecular formula is C30H32ClN5O6. The van der Waals surface area contributed by atoms with E-state index < -0.39 is 24.4 Å². The molecule has 0 bridgehead atoms. The average molecular weight is 594 g/mol. The van der Waals surface area contributed by atoms with Gasteiger partial charge < -0.3 is 14.2 Å². The summed E-state index contributed by atoms with van der Waals surface area (Å²) in [5, 5.41) is 5.70. The van der Waals surface area contributed by atoms with E-state index in [1.807, 2.05) is 12.1 Å². The second kappa shape index (κ2) is 12.9. The second-order valence-corrected chi connectivity index (χ2v) is 10.6. The lowest BCUT2D eigenvalue weighted by atomic mass is 10.1. The van der Waals surface area contributed by atoms with Crippen molar-refractivity contribution in [2.45, 2.75) is 59.9 Å². The van der Waals surface area contributed by atoms with Crippen LogP contribution in [0.3, 0.4) is 0 Å². The Labute approximate surface area is 248 Å². The number of nitrogens with zero attached hydrogens (tertiary/aromatic N) is 3. The van der Waals surface area contributed by atoms with E-state index in [1.54, 1.807) is 84.1 Å². The van der Waals surface area contributed by atoms with Crippen molar-refractivity contribution in [3.05, 3.63) is 59.8 Å². The minimum Gasteiger partial charge on any atom is -0.447 e. The molecule has 4 aromatic rings. The van der Waals surface area contributed by atoms with Crippen LogP contribution in [0.15, 0.2) is 54.7 Å². The summed E-state index contributed by atoms with van der Waals surface area (Å²) >= 11 is 6.57. The lowest BCUT2D eigenvalue weighted by Gasteiger charge is -2.14. The number of imidazole rings is 1. The maximum Gasteiger partial charge on any atom is 0.420 e. The number of hydrogen-bond donors (Lipinski definition) is 2. The average Bonchev–Trinajstić information content (AvgIpc) is 3.27. The highest BCUT2D eigenvalue weighted by Crippen LogP contribution is 2.35. The predicted molar refractivity (Wildman–Crippen MR) is 161 cm³/mol. The van der Waals surface area contributed by atoms with Crippen LogP contribution in [0.4, 0.5) is 25.8 Å². The van der Waals surface area contributed by atoms with Gasteiger partial charge in [-0.3, -0.25) is 10.6 Å². The number of halogens is 1. The maximum absolute atomic E-state index is 13.4. The lowest BCUT2D eigenvalue weighted by molar-refractivity contribution is 0.118. The molecule has 0 unspecified atom stereocenters. The van der Waals surface area contributed by atoms with E-state index >= 15 is 0 Å². The molecule has 0 aliphatic rings. The molecular weight excluding hydrogens is 562 g/mol. The van der Waals surface area contributed by atoms with Gasteiger partial charge in [0.25, 0.3) is 0 Å². The normalized spacial score (nSPS) is 11.2. The molecule has 2 heterocycles. The van der Waals surface area contributed by atoms with Gasteiger partial charge in [0, 0.05) is 28.6 Å². The molecule has 0 aliphatic carbocycles. The summed E-state index contributed by atoms with van der Waals surface area (Å²) in [4.78, 5) is 47.1. The molecule has 0 atom stereocenters. The van der Waals surface area contributed by atoms with Gasteiger partial charge in [0.05, 0.1) is 34.5 Å². The first-order valence-electron chi connectivity index (χ1n) is 13.4. The Morgan fingerprint density at radius 1 is 0.810 bits per heavy atom. The monoisotopic (exact) mass is 593 g/mol. The zero-order valence-electron chi connectivity index (χ0n) is 24.1. The maximum atomic E-state index is 13.4. The number of carbonyl (C=O) groups is 3. The molecule has 2 amide bonds. The number of benzene rings is 2. The van der Waals surface area contributed by atoms with Gasteiger partial charge in [0.1, 0.15) is 0 Å². The Morgan fingerprint density at radius 2 is 1.45 bits per heavy atom.